The second-order valence-electron chi connectivity index (χ2n) is 3.68. The molecule has 0 saturated heterocycles. The monoisotopic (exact) mass is 234 g/mol. The summed E-state index contributed by atoms with van der Waals surface area (Å²) < 4.78 is 5.14. The van der Waals surface area contributed by atoms with Crippen molar-refractivity contribution in [2.45, 2.75) is 26.3 Å². The fourth-order valence-corrected chi connectivity index (χ4v) is 1.39. The number of hydrogen-bond acceptors (Lipinski definition) is 4. The SMILES string of the molecule is CC(=O)CC(=O)N(CCC#N)Cc1ccco1. The van der Waals surface area contributed by atoms with Crippen LogP contribution >= 0.6 is 0 Å². The maximum absolute atomic E-state index is 11.7. The van der Waals surface area contributed by atoms with E-state index in [0.29, 0.717) is 18.8 Å². The Labute approximate surface area is 99.6 Å². The first-order valence-corrected chi connectivity index (χ1v) is 5.30. The van der Waals surface area contributed by atoms with Crippen molar-refractivity contribution in [3.05, 3.63) is 24.2 Å². The van der Waals surface area contributed by atoms with Crippen molar-refractivity contribution in [1.29, 1.82) is 5.26 Å². The van der Waals surface area contributed by atoms with Gasteiger partial charge in [0.05, 0.1) is 31.7 Å². The molecule has 0 radical (unpaired) electrons. The highest BCUT2D eigenvalue weighted by Gasteiger charge is 2.16. The first-order valence-electron chi connectivity index (χ1n) is 5.30. The summed E-state index contributed by atoms with van der Waals surface area (Å²) in [7, 11) is 0. The van der Waals surface area contributed by atoms with E-state index in [0.717, 1.165) is 0 Å². The van der Waals surface area contributed by atoms with Gasteiger partial charge in [-0.2, -0.15) is 5.26 Å². The van der Waals surface area contributed by atoms with Crippen molar-refractivity contribution in [2.24, 2.45) is 0 Å². The maximum atomic E-state index is 11.7. The standard InChI is InChI=1S/C12H14N2O3/c1-10(15)8-12(16)14(6-3-5-13)9-11-4-2-7-17-11/h2,4,7H,3,6,8-9H2,1H3. The molecule has 0 unspecified atom stereocenters. The van der Waals surface area contributed by atoms with Gasteiger partial charge >= 0.3 is 0 Å². The minimum atomic E-state index is -0.274. The number of carbonyl (C=O) groups excluding carboxylic acids is 2. The molecule has 17 heavy (non-hydrogen) atoms. The largest absolute Gasteiger partial charge is 0.467 e. The van der Waals surface area contributed by atoms with Crippen LogP contribution in [0.3, 0.4) is 0 Å². The Morgan fingerprint density at radius 2 is 2.29 bits per heavy atom. The molecule has 1 aromatic rings. The van der Waals surface area contributed by atoms with Crippen LogP contribution in [-0.2, 0) is 16.1 Å². The van der Waals surface area contributed by atoms with Crippen molar-refractivity contribution in [3.8, 4) is 6.07 Å². The predicted molar refractivity (Wildman–Crippen MR) is 59.7 cm³/mol. The summed E-state index contributed by atoms with van der Waals surface area (Å²) in [4.78, 5) is 24.1. The lowest BCUT2D eigenvalue weighted by atomic mass is 10.2. The summed E-state index contributed by atoms with van der Waals surface area (Å²) in [6, 6.07) is 5.46. The lowest BCUT2D eigenvalue weighted by Crippen LogP contribution is -2.32. The van der Waals surface area contributed by atoms with Crippen LogP contribution in [0.15, 0.2) is 22.8 Å². The van der Waals surface area contributed by atoms with Crippen LogP contribution in [0.4, 0.5) is 0 Å². The van der Waals surface area contributed by atoms with E-state index in [1.807, 2.05) is 6.07 Å². The van der Waals surface area contributed by atoms with Gasteiger partial charge in [0.1, 0.15) is 11.5 Å². The number of furan rings is 1. The van der Waals surface area contributed by atoms with Gasteiger partial charge in [-0.25, -0.2) is 0 Å². The average Bonchev–Trinajstić information content (AvgIpc) is 2.75. The second-order valence-corrected chi connectivity index (χ2v) is 3.68. The molecule has 1 aromatic heterocycles. The molecule has 0 bridgehead atoms. The van der Waals surface area contributed by atoms with E-state index in [-0.39, 0.29) is 24.5 Å². The molecule has 5 nitrogen and oxygen atoms in total. The van der Waals surface area contributed by atoms with Gasteiger partial charge in [-0.3, -0.25) is 9.59 Å². The van der Waals surface area contributed by atoms with Gasteiger partial charge in [0.15, 0.2) is 0 Å². The molecule has 0 aromatic carbocycles. The zero-order chi connectivity index (χ0) is 12.7. The van der Waals surface area contributed by atoms with Crippen molar-refractivity contribution in [2.75, 3.05) is 6.54 Å². The fourth-order valence-electron chi connectivity index (χ4n) is 1.39. The Kier molecular flexibility index (Phi) is 4.95. The van der Waals surface area contributed by atoms with Gasteiger partial charge in [0.25, 0.3) is 0 Å². The van der Waals surface area contributed by atoms with Gasteiger partial charge in [0.2, 0.25) is 5.91 Å². The summed E-state index contributed by atoms with van der Waals surface area (Å²) >= 11 is 0. The molecule has 0 N–H and O–H groups in total. The first-order chi connectivity index (χ1) is 8.13. The molecule has 1 heterocycles. The zero-order valence-electron chi connectivity index (χ0n) is 9.68. The normalized spacial score (nSPS) is 9.65. The summed E-state index contributed by atoms with van der Waals surface area (Å²) in [5.74, 6) is 0.181. The number of carbonyl (C=O) groups is 2. The van der Waals surface area contributed by atoms with Crippen LogP contribution in [0.1, 0.15) is 25.5 Å². The number of rotatable bonds is 6. The van der Waals surface area contributed by atoms with Crippen LogP contribution in [0.5, 0.6) is 0 Å². The summed E-state index contributed by atoms with van der Waals surface area (Å²) in [6.07, 6.45) is 1.63. The Morgan fingerprint density at radius 1 is 1.53 bits per heavy atom. The Bertz CT molecular complexity index is 417. The lowest BCUT2D eigenvalue weighted by Gasteiger charge is -2.19. The van der Waals surface area contributed by atoms with E-state index in [2.05, 4.69) is 0 Å². The Balaban J connectivity index is 2.63. The fraction of sp³-hybridized carbons (Fsp3) is 0.417. The molecular formula is C12H14N2O3. The molecule has 5 heteroatoms. The average molecular weight is 234 g/mol. The number of nitrogens with zero attached hydrogens (tertiary/aromatic N) is 2. The molecule has 0 saturated carbocycles. The quantitative estimate of drug-likeness (QED) is 0.699. The highest BCUT2D eigenvalue weighted by atomic mass is 16.3. The minimum Gasteiger partial charge on any atom is -0.467 e. The molecule has 0 fully saturated rings. The van der Waals surface area contributed by atoms with Gasteiger partial charge in [-0.1, -0.05) is 0 Å². The zero-order valence-corrected chi connectivity index (χ0v) is 9.68. The van der Waals surface area contributed by atoms with E-state index in [4.69, 9.17) is 9.68 Å². The number of ketones is 1. The van der Waals surface area contributed by atoms with Gasteiger partial charge in [-0.15, -0.1) is 0 Å². The maximum Gasteiger partial charge on any atom is 0.230 e. The highest BCUT2D eigenvalue weighted by Crippen LogP contribution is 2.07. The lowest BCUT2D eigenvalue weighted by molar-refractivity contribution is -0.135. The Morgan fingerprint density at radius 3 is 2.82 bits per heavy atom. The summed E-state index contributed by atoms with van der Waals surface area (Å²) in [5.41, 5.74) is 0. The van der Waals surface area contributed by atoms with Crippen LogP contribution in [0.2, 0.25) is 0 Å². The van der Waals surface area contributed by atoms with Crippen LogP contribution in [0, 0.1) is 11.3 Å². The third-order valence-corrected chi connectivity index (χ3v) is 2.17. The van der Waals surface area contributed by atoms with Crippen molar-refractivity contribution in [1.82, 2.24) is 4.90 Å². The molecule has 1 amide bonds. The summed E-state index contributed by atoms with van der Waals surface area (Å²) in [6.45, 7) is 1.97. The van der Waals surface area contributed by atoms with Gasteiger partial charge in [0, 0.05) is 6.54 Å². The van der Waals surface area contributed by atoms with Crippen molar-refractivity contribution < 1.29 is 14.0 Å². The van der Waals surface area contributed by atoms with E-state index in [9.17, 15) is 9.59 Å². The third-order valence-electron chi connectivity index (χ3n) is 2.17. The smallest absolute Gasteiger partial charge is 0.230 e. The molecule has 90 valence electrons. The first kappa shape index (κ1) is 13.0. The Hall–Kier alpha value is -2.09. The topological polar surface area (TPSA) is 74.3 Å². The minimum absolute atomic E-state index is 0.133. The van der Waals surface area contributed by atoms with Crippen LogP contribution in [0.25, 0.3) is 0 Å². The molecule has 0 aliphatic heterocycles. The molecular weight excluding hydrogens is 220 g/mol. The highest BCUT2D eigenvalue weighted by molar-refractivity contribution is 5.96. The number of amides is 1. The van der Waals surface area contributed by atoms with Gasteiger partial charge < -0.3 is 9.32 Å². The number of hydrogen-bond donors (Lipinski definition) is 0. The summed E-state index contributed by atoms with van der Waals surface area (Å²) in [5, 5.41) is 8.53. The van der Waals surface area contributed by atoms with E-state index in [1.54, 1.807) is 12.1 Å². The van der Waals surface area contributed by atoms with E-state index in [1.165, 1.54) is 18.1 Å². The van der Waals surface area contributed by atoms with Crippen molar-refractivity contribution >= 4 is 11.7 Å². The van der Waals surface area contributed by atoms with Crippen LogP contribution < -0.4 is 0 Å². The molecule has 1 rings (SSSR count). The van der Waals surface area contributed by atoms with Crippen LogP contribution in [-0.4, -0.2) is 23.1 Å². The molecule has 0 atom stereocenters. The van der Waals surface area contributed by atoms with E-state index < -0.39 is 0 Å². The number of Topliss-reactive ketones (excluding diaryl/α,β-unsaturated/α-hetero) is 1. The molecule has 0 aliphatic carbocycles. The predicted octanol–water partition coefficient (Wildman–Crippen LogP) is 1.50. The van der Waals surface area contributed by atoms with Gasteiger partial charge in [-0.05, 0) is 19.1 Å². The van der Waals surface area contributed by atoms with E-state index >= 15 is 0 Å². The molecule has 0 spiro atoms. The number of nitriles is 1. The molecule has 0 aliphatic rings. The second kappa shape index (κ2) is 6.48. The van der Waals surface area contributed by atoms with Crippen molar-refractivity contribution in [3.63, 3.8) is 0 Å². The third kappa shape index (κ3) is 4.51.